The van der Waals surface area contributed by atoms with Crippen molar-refractivity contribution in [3.8, 4) is 11.5 Å². The molecule has 148 valence electrons. The first kappa shape index (κ1) is 21.7. The van der Waals surface area contributed by atoms with Gasteiger partial charge in [-0.1, -0.05) is 28.1 Å². The average Bonchev–Trinajstić information content (AvgIpc) is 2.63. The molecule has 0 fully saturated rings. The van der Waals surface area contributed by atoms with Crippen LogP contribution in [-0.4, -0.2) is 38.7 Å². The Morgan fingerprint density at radius 1 is 1.07 bits per heavy atom. The lowest BCUT2D eigenvalue weighted by Crippen LogP contribution is -2.21. The third-order valence-corrected chi connectivity index (χ3v) is 4.73. The summed E-state index contributed by atoms with van der Waals surface area (Å²) < 4.78 is 25.7. The molecule has 0 amide bonds. The van der Waals surface area contributed by atoms with Crippen LogP contribution < -0.4 is 14.8 Å². The van der Waals surface area contributed by atoms with Crippen LogP contribution in [0.1, 0.15) is 24.5 Å². The predicted molar refractivity (Wildman–Crippen MR) is 111 cm³/mol. The van der Waals surface area contributed by atoms with Crippen molar-refractivity contribution in [1.29, 1.82) is 0 Å². The minimum atomic E-state index is -0.251. The van der Waals surface area contributed by atoms with Crippen LogP contribution in [-0.2, 0) is 13.2 Å². The Balaban J connectivity index is 2.00. The molecule has 2 rings (SSSR count). The second-order valence-corrected chi connectivity index (χ2v) is 7.43. The van der Waals surface area contributed by atoms with Gasteiger partial charge >= 0.3 is 0 Å². The monoisotopic (exact) mass is 438 g/mol. The summed E-state index contributed by atoms with van der Waals surface area (Å²) in [6.45, 7) is 5.64. The third-order valence-electron chi connectivity index (χ3n) is 3.99. The highest BCUT2D eigenvalue weighted by Gasteiger charge is 2.11. The standard InChI is InChI=1S/C21H28BrFN2O2/c1-4-26-20-12-17(14-24-10-5-11-25(2)3)19(22)13-21(20)27-15-16-6-8-18(23)9-7-16/h6-9,12-13,24H,4-5,10-11,14-15H2,1-3H3. The number of nitrogens with one attached hydrogen (secondary N) is 1. The van der Waals surface area contributed by atoms with Crippen LogP contribution in [0.5, 0.6) is 11.5 Å². The Morgan fingerprint density at radius 3 is 2.44 bits per heavy atom. The van der Waals surface area contributed by atoms with Crippen LogP contribution in [0.2, 0.25) is 0 Å². The molecule has 27 heavy (non-hydrogen) atoms. The van der Waals surface area contributed by atoms with Gasteiger partial charge in [-0.15, -0.1) is 0 Å². The molecule has 0 aliphatic carbocycles. The summed E-state index contributed by atoms with van der Waals surface area (Å²) in [4.78, 5) is 2.18. The van der Waals surface area contributed by atoms with Crippen molar-refractivity contribution in [1.82, 2.24) is 10.2 Å². The van der Waals surface area contributed by atoms with E-state index in [1.54, 1.807) is 12.1 Å². The van der Waals surface area contributed by atoms with Gasteiger partial charge in [-0.25, -0.2) is 4.39 Å². The van der Waals surface area contributed by atoms with Gasteiger partial charge in [0.2, 0.25) is 0 Å². The zero-order valence-corrected chi connectivity index (χ0v) is 17.8. The zero-order valence-electron chi connectivity index (χ0n) is 16.2. The number of nitrogens with zero attached hydrogens (tertiary/aromatic N) is 1. The van der Waals surface area contributed by atoms with Crippen molar-refractivity contribution >= 4 is 15.9 Å². The second-order valence-electron chi connectivity index (χ2n) is 6.57. The topological polar surface area (TPSA) is 33.7 Å². The summed E-state index contributed by atoms with van der Waals surface area (Å²) in [5.41, 5.74) is 2.03. The highest BCUT2D eigenvalue weighted by atomic mass is 79.9. The average molecular weight is 439 g/mol. The minimum absolute atomic E-state index is 0.251. The predicted octanol–water partition coefficient (Wildman–Crippen LogP) is 4.61. The maximum Gasteiger partial charge on any atom is 0.162 e. The summed E-state index contributed by atoms with van der Waals surface area (Å²) in [7, 11) is 4.16. The fourth-order valence-electron chi connectivity index (χ4n) is 2.58. The van der Waals surface area contributed by atoms with Crippen molar-refractivity contribution in [2.24, 2.45) is 0 Å². The van der Waals surface area contributed by atoms with Gasteiger partial charge in [0.25, 0.3) is 0 Å². The van der Waals surface area contributed by atoms with Crippen molar-refractivity contribution in [2.45, 2.75) is 26.5 Å². The molecular formula is C21H28BrFN2O2. The molecule has 4 nitrogen and oxygen atoms in total. The molecule has 0 heterocycles. The summed E-state index contributed by atoms with van der Waals surface area (Å²) >= 11 is 3.63. The van der Waals surface area contributed by atoms with Crippen LogP contribution in [0.4, 0.5) is 4.39 Å². The Hall–Kier alpha value is -1.63. The Labute approximate surface area is 169 Å². The second kappa shape index (κ2) is 11.3. The summed E-state index contributed by atoms with van der Waals surface area (Å²) in [6, 6.07) is 10.2. The Morgan fingerprint density at radius 2 is 1.78 bits per heavy atom. The fourth-order valence-corrected chi connectivity index (χ4v) is 3.04. The number of ether oxygens (including phenoxy) is 2. The van der Waals surface area contributed by atoms with E-state index >= 15 is 0 Å². The highest BCUT2D eigenvalue weighted by molar-refractivity contribution is 9.10. The van der Waals surface area contributed by atoms with Gasteiger partial charge in [-0.2, -0.15) is 0 Å². The lowest BCUT2D eigenvalue weighted by atomic mass is 10.2. The number of hydrogen-bond acceptors (Lipinski definition) is 4. The molecule has 0 bridgehead atoms. The van der Waals surface area contributed by atoms with E-state index in [0.29, 0.717) is 24.7 Å². The number of benzene rings is 2. The maximum atomic E-state index is 13.0. The fraction of sp³-hybridized carbons (Fsp3) is 0.429. The SMILES string of the molecule is CCOc1cc(CNCCCN(C)C)c(Br)cc1OCc1ccc(F)cc1. The molecule has 0 aliphatic rings. The zero-order chi connectivity index (χ0) is 19.6. The number of hydrogen-bond donors (Lipinski definition) is 1. The van der Waals surface area contributed by atoms with Crippen LogP contribution in [0.3, 0.4) is 0 Å². The van der Waals surface area contributed by atoms with E-state index in [0.717, 1.165) is 41.7 Å². The van der Waals surface area contributed by atoms with Gasteiger partial charge in [0, 0.05) is 11.0 Å². The molecule has 0 saturated heterocycles. The van der Waals surface area contributed by atoms with Crippen molar-refractivity contribution in [3.05, 3.63) is 57.8 Å². The first-order valence-electron chi connectivity index (χ1n) is 9.17. The third kappa shape index (κ3) is 7.48. The molecule has 2 aromatic carbocycles. The van der Waals surface area contributed by atoms with E-state index in [2.05, 4.69) is 40.2 Å². The minimum Gasteiger partial charge on any atom is -0.490 e. The van der Waals surface area contributed by atoms with Crippen LogP contribution in [0.25, 0.3) is 0 Å². The van der Waals surface area contributed by atoms with Crippen LogP contribution >= 0.6 is 15.9 Å². The van der Waals surface area contributed by atoms with Gasteiger partial charge in [-0.05, 0) is 75.9 Å². The Kier molecular flexibility index (Phi) is 9.04. The van der Waals surface area contributed by atoms with Gasteiger partial charge in [-0.3, -0.25) is 0 Å². The van der Waals surface area contributed by atoms with E-state index < -0.39 is 0 Å². The number of halogens is 2. The molecular weight excluding hydrogens is 411 g/mol. The normalized spacial score (nSPS) is 11.0. The molecule has 0 atom stereocenters. The van der Waals surface area contributed by atoms with Gasteiger partial charge in [0.1, 0.15) is 12.4 Å². The molecule has 0 unspecified atom stereocenters. The van der Waals surface area contributed by atoms with Crippen molar-refractivity contribution in [2.75, 3.05) is 33.8 Å². The van der Waals surface area contributed by atoms with Crippen molar-refractivity contribution in [3.63, 3.8) is 0 Å². The molecule has 1 N–H and O–H groups in total. The molecule has 0 aromatic heterocycles. The number of rotatable bonds is 11. The molecule has 6 heteroatoms. The van der Waals surface area contributed by atoms with Crippen LogP contribution in [0, 0.1) is 5.82 Å². The van der Waals surface area contributed by atoms with Gasteiger partial charge in [0.05, 0.1) is 6.61 Å². The summed E-state index contributed by atoms with van der Waals surface area (Å²) in [5.74, 6) is 1.14. The van der Waals surface area contributed by atoms with Crippen molar-refractivity contribution < 1.29 is 13.9 Å². The largest absolute Gasteiger partial charge is 0.490 e. The summed E-state index contributed by atoms with van der Waals surface area (Å²) in [5, 5.41) is 3.46. The van der Waals surface area contributed by atoms with E-state index in [9.17, 15) is 4.39 Å². The maximum absolute atomic E-state index is 13.0. The molecule has 0 aliphatic heterocycles. The van der Waals surface area contributed by atoms with E-state index in [1.807, 2.05) is 19.1 Å². The molecule has 0 spiro atoms. The van der Waals surface area contributed by atoms with Gasteiger partial charge in [0.15, 0.2) is 11.5 Å². The summed E-state index contributed by atoms with van der Waals surface area (Å²) in [6.07, 6.45) is 1.10. The first-order chi connectivity index (χ1) is 13.0. The molecule has 0 radical (unpaired) electrons. The first-order valence-corrected chi connectivity index (χ1v) is 9.96. The lowest BCUT2D eigenvalue weighted by Gasteiger charge is -2.16. The highest BCUT2D eigenvalue weighted by Crippen LogP contribution is 2.34. The molecule has 0 saturated carbocycles. The van der Waals surface area contributed by atoms with Crippen LogP contribution in [0.15, 0.2) is 40.9 Å². The lowest BCUT2D eigenvalue weighted by molar-refractivity contribution is 0.268. The molecule has 2 aromatic rings. The smallest absolute Gasteiger partial charge is 0.162 e. The van der Waals surface area contributed by atoms with E-state index in [1.165, 1.54) is 12.1 Å². The van der Waals surface area contributed by atoms with E-state index in [4.69, 9.17) is 9.47 Å². The van der Waals surface area contributed by atoms with E-state index in [-0.39, 0.29) is 5.82 Å². The van der Waals surface area contributed by atoms with Gasteiger partial charge < -0.3 is 19.7 Å². The Bertz CT molecular complexity index is 708. The quantitative estimate of drug-likeness (QED) is 0.519.